The van der Waals surface area contributed by atoms with E-state index in [9.17, 15) is 14.7 Å². The van der Waals surface area contributed by atoms with Gasteiger partial charge in [-0.05, 0) is 30.9 Å². The van der Waals surface area contributed by atoms with Crippen LogP contribution in [0, 0.1) is 17.8 Å². The van der Waals surface area contributed by atoms with Gasteiger partial charge in [-0.3, -0.25) is 9.59 Å². The van der Waals surface area contributed by atoms with Crippen LogP contribution in [-0.4, -0.2) is 17.0 Å². The van der Waals surface area contributed by atoms with Crippen molar-refractivity contribution in [1.82, 2.24) is 0 Å². The van der Waals surface area contributed by atoms with Gasteiger partial charge in [-0.2, -0.15) is 0 Å². The molecule has 3 atom stereocenters. The number of nitrogens with one attached hydrogen (secondary N) is 1. The molecule has 2 rings (SSSR count). The number of benzene rings is 1. The van der Waals surface area contributed by atoms with Crippen molar-refractivity contribution in [3.63, 3.8) is 0 Å². The standard InChI is InChI=1S/C15H17Cl2NO3/c1-2-8-6-9(10(7-8)15(20)21)14(19)18-12-5-3-4-11(16)13(12)17/h3-5,8-10H,2,6-7H2,1H3,(H,18,19)(H,20,21)/t8?,9-,10+/m0/s1. The number of amides is 1. The number of hydrogen-bond acceptors (Lipinski definition) is 2. The third-order valence-electron chi connectivity index (χ3n) is 4.10. The number of aliphatic carboxylic acids is 1. The summed E-state index contributed by atoms with van der Waals surface area (Å²) in [7, 11) is 0. The lowest BCUT2D eigenvalue weighted by molar-refractivity contribution is -0.145. The molecule has 1 amide bonds. The molecular formula is C15H17Cl2NO3. The molecule has 4 nitrogen and oxygen atoms in total. The van der Waals surface area contributed by atoms with Crippen LogP contribution >= 0.6 is 23.2 Å². The van der Waals surface area contributed by atoms with Crippen molar-refractivity contribution in [2.75, 3.05) is 5.32 Å². The van der Waals surface area contributed by atoms with E-state index in [1.165, 1.54) is 0 Å². The molecule has 0 heterocycles. The molecule has 1 unspecified atom stereocenters. The van der Waals surface area contributed by atoms with Gasteiger partial charge in [0.2, 0.25) is 5.91 Å². The van der Waals surface area contributed by atoms with E-state index in [-0.39, 0.29) is 16.8 Å². The molecule has 114 valence electrons. The van der Waals surface area contributed by atoms with E-state index in [1.807, 2.05) is 6.92 Å². The van der Waals surface area contributed by atoms with Crippen molar-refractivity contribution in [1.29, 1.82) is 0 Å². The molecule has 1 aliphatic carbocycles. The number of carboxylic acid groups (broad SMARTS) is 1. The van der Waals surface area contributed by atoms with Crippen LogP contribution in [0.3, 0.4) is 0 Å². The number of carboxylic acids is 1. The Kier molecular flexibility index (Phi) is 5.12. The van der Waals surface area contributed by atoms with Gasteiger partial charge < -0.3 is 10.4 Å². The topological polar surface area (TPSA) is 66.4 Å². The summed E-state index contributed by atoms with van der Waals surface area (Å²) in [6.45, 7) is 2.01. The molecule has 0 bridgehead atoms. The van der Waals surface area contributed by atoms with Crippen molar-refractivity contribution in [2.24, 2.45) is 17.8 Å². The number of carbonyl (C=O) groups excluding carboxylic acids is 1. The molecule has 0 spiro atoms. The highest BCUT2D eigenvalue weighted by atomic mass is 35.5. The monoisotopic (exact) mass is 329 g/mol. The summed E-state index contributed by atoms with van der Waals surface area (Å²) in [4.78, 5) is 23.7. The van der Waals surface area contributed by atoms with Crippen LogP contribution in [0.5, 0.6) is 0 Å². The average Bonchev–Trinajstić information content (AvgIpc) is 2.88. The van der Waals surface area contributed by atoms with E-state index < -0.39 is 17.8 Å². The van der Waals surface area contributed by atoms with Gasteiger partial charge in [-0.15, -0.1) is 0 Å². The van der Waals surface area contributed by atoms with Gasteiger partial charge in [0.1, 0.15) is 0 Å². The van der Waals surface area contributed by atoms with E-state index >= 15 is 0 Å². The van der Waals surface area contributed by atoms with Gasteiger partial charge in [-0.25, -0.2) is 0 Å². The summed E-state index contributed by atoms with van der Waals surface area (Å²) in [5, 5.41) is 12.6. The molecule has 0 radical (unpaired) electrons. The van der Waals surface area contributed by atoms with E-state index in [0.29, 0.717) is 23.6 Å². The summed E-state index contributed by atoms with van der Waals surface area (Å²) in [6, 6.07) is 4.96. The molecular weight excluding hydrogens is 313 g/mol. The summed E-state index contributed by atoms with van der Waals surface area (Å²) in [5.41, 5.74) is 0.415. The molecule has 1 saturated carbocycles. The Morgan fingerprint density at radius 2 is 1.95 bits per heavy atom. The fourth-order valence-electron chi connectivity index (χ4n) is 2.86. The Balaban J connectivity index is 2.15. The van der Waals surface area contributed by atoms with Crippen LogP contribution in [0.25, 0.3) is 0 Å². The number of hydrogen-bond donors (Lipinski definition) is 2. The molecule has 0 saturated heterocycles. The Morgan fingerprint density at radius 1 is 1.29 bits per heavy atom. The normalized spacial score (nSPS) is 24.8. The van der Waals surface area contributed by atoms with Crippen molar-refractivity contribution in [3.8, 4) is 0 Å². The minimum absolute atomic E-state index is 0.268. The first-order valence-corrected chi connectivity index (χ1v) is 7.67. The van der Waals surface area contributed by atoms with Gasteiger partial charge in [0.25, 0.3) is 0 Å². The molecule has 1 aromatic rings. The fourth-order valence-corrected chi connectivity index (χ4v) is 3.21. The third kappa shape index (κ3) is 3.50. The van der Waals surface area contributed by atoms with Gasteiger partial charge in [0.05, 0.1) is 27.6 Å². The number of rotatable bonds is 4. The lowest BCUT2D eigenvalue weighted by Crippen LogP contribution is -2.30. The van der Waals surface area contributed by atoms with Gasteiger partial charge >= 0.3 is 5.97 Å². The summed E-state index contributed by atoms with van der Waals surface area (Å²) in [6.07, 6.45) is 2.02. The Bertz CT molecular complexity index is 562. The Labute approximate surface area is 133 Å². The van der Waals surface area contributed by atoms with Crippen molar-refractivity contribution < 1.29 is 14.7 Å². The van der Waals surface area contributed by atoms with E-state index in [1.54, 1.807) is 18.2 Å². The second-order valence-corrected chi connectivity index (χ2v) is 6.17. The lowest BCUT2D eigenvalue weighted by atomic mass is 9.95. The maximum absolute atomic E-state index is 12.4. The molecule has 1 aliphatic rings. The largest absolute Gasteiger partial charge is 0.481 e. The van der Waals surface area contributed by atoms with Crippen LogP contribution in [0.4, 0.5) is 5.69 Å². The smallest absolute Gasteiger partial charge is 0.307 e. The molecule has 1 aromatic carbocycles. The Hall–Kier alpha value is -1.26. The fraction of sp³-hybridized carbons (Fsp3) is 0.467. The van der Waals surface area contributed by atoms with E-state index in [0.717, 1.165) is 6.42 Å². The minimum atomic E-state index is -0.914. The van der Waals surface area contributed by atoms with E-state index in [2.05, 4.69) is 5.32 Å². The molecule has 6 heteroatoms. The molecule has 0 aromatic heterocycles. The molecule has 0 aliphatic heterocycles. The summed E-state index contributed by atoms with van der Waals surface area (Å²) in [5.74, 6) is -2.10. The van der Waals surface area contributed by atoms with Crippen molar-refractivity contribution in [3.05, 3.63) is 28.2 Å². The van der Waals surface area contributed by atoms with Crippen molar-refractivity contribution >= 4 is 40.8 Å². The number of carbonyl (C=O) groups is 2. The van der Waals surface area contributed by atoms with Crippen LogP contribution in [0.1, 0.15) is 26.2 Å². The Morgan fingerprint density at radius 3 is 2.57 bits per heavy atom. The zero-order chi connectivity index (χ0) is 15.6. The predicted octanol–water partition coefficient (Wildman–Crippen LogP) is 4.07. The first-order chi connectivity index (χ1) is 9.93. The van der Waals surface area contributed by atoms with Crippen LogP contribution in [0.15, 0.2) is 18.2 Å². The summed E-state index contributed by atoms with van der Waals surface area (Å²) < 4.78 is 0. The molecule has 2 N–H and O–H groups in total. The second-order valence-electron chi connectivity index (χ2n) is 5.39. The first kappa shape index (κ1) is 16.1. The van der Waals surface area contributed by atoms with E-state index in [4.69, 9.17) is 23.2 Å². The highest BCUT2D eigenvalue weighted by Gasteiger charge is 2.42. The maximum Gasteiger partial charge on any atom is 0.307 e. The zero-order valence-corrected chi connectivity index (χ0v) is 13.1. The van der Waals surface area contributed by atoms with Crippen molar-refractivity contribution in [2.45, 2.75) is 26.2 Å². The predicted molar refractivity (Wildman–Crippen MR) is 82.7 cm³/mol. The van der Waals surface area contributed by atoms with Crippen LogP contribution in [-0.2, 0) is 9.59 Å². The van der Waals surface area contributed by atoms with Crippen LogP contribution < -0.4 is 5.32 Å². The zero-order valence-electron chi connectivity index (χ0n) is 11.6. The third-order valence-corrected chi connectivity index (χ3v) is 4.92. The molecule has 21 heavy (non-hydrogen) atoms. The second kappa shape index (κ2) is 6.67. The lowest BCUT2D eigenvalue weighted by Gasteiger charge is -2.16. The highest BCUT2D eigenvalue weighted by Crippen LogP contribution is 2.39. The van der Waals surface area contributed by atoms with Gasteiger partial charge in [0, 0.05) is 0 Å². The maximum atomic E-state index is 12.4. The molecule has 1 fully saturated rings. The highest BCUT2D eigenvalue weighted by molar-refractivity contribution is 6.44. The number of halogens is 2. The van der Waals surface area contributed by atoms with Gasteiger partial charge in [-0.1, -0.05) is 42.6 Å². The van der Waals surface area contributed by atoms with Crippen LogP contribution in [0.2, 0.25) is 10.0 Å². The minimum Gasteiger partial charge on any atom is -0.481 e. The van der Waals surface area contributed by atoms with Gasteiger partial charge in [0.15, 0.2) is 0 Å². The SMILES string of the molecule is CCC1C[C@H](C(=O)Nc2cccc(Cl)c2Cl)[C@H](C(=O)O)C1. The summed E-state index contributed by atoms with van der Waals surface area (Å²) >= 11 is 11.9. The first-order valence-electron chi connectivity index (χ1n) is 6.91. The quantitative estimate of drug-likeness (QED) is 0.874. The number of anilines is 1. The average molecular weight is 330 g/mol.